The standard InChI is InChI=1S/C9H12N2O5/c1-3-4-10(2)9(16)11(5-7(12)13)6-8(14)15/h1H,4-6H2,2H3,(H,12,13)(H,14,15). The van der Waals surface area contributed by atoms with Crippen LogP contribution in [0, 0.1) is 12.3 Å². The van der Waals surface area contributed by atoms with E-state index < -0.39 is 31.1 Å². The molecule has 16 heavy (non-hydrogen) atoms. The maximum absolute atomic E-state index is 11.5. The molecule has 0 aliphatic carbocycles. The lowest BCUT2D eigenvalue weighted by Crippen LogP contribution is -2.46. The molecule has 0 aromatic heterocycles. The Kier molecular flexibility index (Phi) is 5.41. The molecule has 0 aliphatic rings. The third kappa shape index (κ3) is 4.85. The number of terminal acetylenes is 1. The molecule has 7 heteroatoms. The second-order valence-electron chi connectivity index (χ2n) is 2.99. The summed E-state index contributed by atoms with van der Waals surface area (Å²) in [6.07, 6.45) is 4.97. The molecule has 0 unspecified atom stereocenters. The third-order valence-electron chi connectivity index (χ3n) is 1.58. The van der Waals surface area contributed by atoms with Crippen molar-refractivity contribution >= 4 is 18.0 Å². The molecule has 0 rings (SSSR count). The number of nitrogens with zero attached hydrogens (tertiary/aromatic N) is 2. The highest BCUT2D eigenvalue weighted by atomic mass is 16.4. The Balaban J connectivity index is 4.61. The minimum atomic E-state index is -1.29. The van der Waals surface area contributed by atoms with E-state index in [-0.39, 0.29) is 6.54 Å². The zero-order valence-corrected chi connectivity index (χ0v) is 8.71. The van der Waals surface area contributed by atoms with Crippen LogP contribution < -0.4 is 0 Å². The van der Waals surface area contributed by atoms with Crippen molar-refractivity contribution < 1.29 is 24.6 Å². The fourth-order valence-corrected chi connectivity index (χ4v) is 0.964. The number of rotatable bonds is 5. The van der Waals surface area contributed by atoms with Crippen LogP contribution in [0.1, 0.15) is 0 Å². The van der Waals surface area contributed by atoms with Gasteiger partial charge in [-0.3, -0.25) is 9.59 Å². The van der Waals surface area contributed by atoms with E-state index in [0.29, 0.717) is 4.90 Å². The zero-order valence-electron chi connectivity index (χ0n) is 8.71. The Morgan fingerprint density at radius 1 is 1.19 bits per heavy atom. The molecule has 0 aromatic carbocycles. The van der Waals surface area contributed by atoms with Gasteiger partial charge in [-0.05, 0) is 0 Å². The highest BCUT2D eigenvalue weighted by molar-refractivity contribution is 5.84. The van der Waals surface area contributed by atoms with Crippen molar-refractivity contribution in [3.8, 4) is 12.3 Å². The van der Waals surface area contributed by atoms with Crippen molar-refractivity contribution in [3.05, 3.63) is 0 Å². The molecule has 2 N–H and O–H groups in total. The predicted molar refractivity (Wildman–Crippen MR) is 53.7 cm³/mol. The monoisotopic (exact) mass is 228 g/mol. The summed E-state index contributed by atoms with van der Waals surface area (Å²) in [4.78, 5) is 34.1. The van der Waals surface area contributed by atoms with Crippen LogP contribution in [0.25, 0.3) is 0 Å². The van der Waals surface area contributed by atoms with Gasteiger partial charge in [-0.15, -0.1) is 6.42 Å². The van der Waals surface area contributed by atoms with Gasteiger partial charge in [0.05, 0.1) is 6.54 Å². The van der Waals surface area contributed by atoms with Gasteiger partial charge in [0.15, 0.2) is 0 Å². The Morgan fingerprint density at radius 3 is 1.94 bits per heavy atom. The van der Waals surface area contributed by atoms with E-state index in [2.05, 4.69) is 5.92 Å². The van der Waals surface area contributed by atoms with Crippen LogP contribution in [-0.2, 0) is 9.59 Å². The molecule has 2 amide bonds. The first-order valence-corrected chi connectivity index (χ1v) is 4.25. The zero-order chi connectivity index (χ0) is 12.7. The lowest BCUT2D eigenvalue weighted by atomic mass is 10.4. The normalized spacial score (nSPS) is 9.00. The Hall–Kier alpha value is -2.23. The van der Waals surface area contributed by atoms with Crippen molar-refractivity contribution in [2.45, 2.75) is 0 Å². The minimum absolute atomic E-state index is 0.0193. The van der Waals surface area contributed by atoms with E-state index in [0.717, 1.165) is 4.90 Å². The van der Waals surface area contributed by atoms with Gasteiger partial charge in [-0.1, -0.05) is 5.92 Å². The molecule has 0 atom stereocenters. The third-order valence-corrected chi connectivity index (χ3v) is 1.58. The number of aliphatic carboxylic acids is 2. The molecule has 7 nitrogen and oxygen atoms in total. The summed E-state index contributed by atoms with van der Waals surface area (Å²) in [5, 5.41) is 17.0. The summed E-state index contributed by atoms with van der Waals surface area (Å²) < 4.78 is 0. The molecule has 0 radical (unpaired) electrons. The Labute approximate surface area is 92.3 Å². The van der Waals surface area contributed by atoms with Crippen molar-refractivity contribution in [3.63, 3.8) is 0 Å². The van der Waals surface area contributed by atoms with E-state index in [4.69, 9.17) is 16.6 Å². The fourth-order valence-electron chi connectivity index (χ4n) is 0.964. The Bertz CT molecular complexity index is 317. The van der Waals surface area contributed by atoms with Gasteiger partial charge in [-0.2, -0.15) is 0 Å². The number of hydrogen-bond acceptors (Lipinski definition) is 3. The maximum atomic E-state index is 11.5. The molecule has 0 saturated carbocycles. The van der Waals surface area contributed by atoms with Gasteiger partial charge >= 0.3 is 18.0 Å². The SMILES string of the molecule is C#CCN(C)C(=O)N(CC(=O)O)CC(=O)O. The minimum Gasteiger partial charge on any atom is -0.480 e. The van der Waals surface area contributed by atoms with Crippen LogP contribution in [-0.4, -0.2) is 64.7 Å². The van der Waals surface area contributed by atoms with Crippen LogP contribution in [0.3, 0.4) is 0 Å². The average Bonchev–Trinajstić information content (AvgIpc) is 2.14. The van der Waals surface area contributed by atoms with E-state index in [9.17, 15) is 14.4 Å². The molecule has 0 fully saturated rings. The van der Waals surface area contributed by atoms with Gasteiger partial charge in [0.25, 0.3) is 0 Å². The first-order chi connectivity index (χ1) is 7.38. The van der Waals surface area contributed by atoms with Gasteiger partial charge in [0, 0.05) is 7.05 Å². The summed E-state index contributed by atoms with van der Waals surface area (Å²) in [5.74, 6) is -0.383. The first kappa shape index (κ1) is 13.8. The van der Waals surface area contributed by atoms with Crippen molar-refractivity contribution in [2.24, 2.45) is 0 Å². The maximum Gasteiger partial charge on any atom is 0.323 e. The van der Waals surface area contributed by atoms with Crippen LogP contribution in [0.2, 0.25) is 0 Å². The second-order valence-corrected chi connectivity index (χ2v) is 2.99. The van der Waals surface area contributed by atoms with E-state index in [1.807, 2.05) is 0 Å². The number of carboxylic acids is 2. The summed E-state index contributed by atoms with van der Waals surface area (Å²) in [7, 11) is 1.36. The van der Waals surface area contributed by atoms with Crippen LogP contribution >= 0.6 is 0 Å². The van der Waals surface area contributed by atoms with Crippen LogP contribution in [0.15, 0.2) is 0 Å². The molecule has 0 heterocycles. The molecule has 0 spiro atoms. The first-order valence-electron chi connectivity index (χ1n) is 4.25. The second kappa shape index (κ2) is 6.29. The van der Waals surface area contributed by atoms with E-state index in [1.165, 1.54) is 7.05 Å². The molecule has 0 aliphatic heterocycles. The number of urea groups is 1. The molecular formula is C9H12N2O5. The molecule has 0 aromatic rings. The summed E-state index contributed by atoms with van der Waals surface area (Å²) in [6.45, 7) is -1.38. The lowest BCUT2D eigenvalue weighted by molar-refractivity contribution is -0.140. The number of carbonyl (C=O) groups is 3. The van der Waals surface area contributed by atoms with Gasteiger partial charge in [0.2, 0.25) is 0 Å². The summed E-state index contributed by atoms with van der Waals surface area (Å²) in [5.41, 5.74) is 0. The van der Waals surface area contributed by atoms with Crippen molar-refractivity contribution in [1.82, 2.24) is 9.80 Å². The van der Waals surface area contributed by atoms with Gasteiger partial charge < -0.3 is 20.0 Å². The Morgan fingerprint density at radius 2 is 1.62 bits per heavy atom. The van der Waals surface area contributed by atoms with Crippen molar-refractivity contribution in [2.75, 3.05) is 26.7 Å². The number of hydrogen-bond donors (Lipinski definition) is 2. The number of carbonyl (C=O) groups excluding carboxylic acids is 1. The quantitative estimate of drug-likeness (QED) is 0.597. The molecular weight excluding hydrogens is 216 g/mol. The largest absolute Gasteiger partial charge is 0.480 e. The average molecular weight is 228 g/mol. The fraction of sp³-hybridized carbons (Fsp3) is 0.444. The lowest BCUT2D eigenvalue weighted by Gasteiger charge is -2.24. The van der Waals surface area contributed by atoms with E-state index >= 15 is 0 Å². The topological polar surface area (TPSA) is 98.2 Å². The number of carboxylic acid groups (broad SMARTS) is 2. The summed E-state index contributed by atoms with van der Waals surface area (Å²) >= 11 is 0. The van der Waals surface area contributed by atoms with Gasteiger partial charge in [-0.25, -0.2) is 4.79 Å². The van der Waals surface area contributed by atoms with Gasteiger partial charge in [0.1, 0.15) is 13.1 Å². The number of amides is 2. The molecule has 88 valence electrons. The predicted octanol–water partition coefficient (Wildman–Crippen LogP) is -0.857. The smallest absolute Gasteiger partial charge is 0.323 e. The van der Waals surface area contributed by atoms with Crippen LogP contribution in [0.5, 0.6) is 0 Å². The highest BCUT2D eigenvalue weighted by Gasteiger charge is 2.22. The van der Waals surface area contributed by atoms with Crippen LogP contribution in [0.4, 0.5) is 4.79 Å². The molecule has 0 bridgehead atoms. The van der Waals surface area contributed by atoms with E-state index in [1.54, 1.807) is 0 Å². The highest BCUT2D eigenvalue weighted by Crippen LogP contribution is 1.96. The summed E-state index contributed by atoms with van der Waals surface area (Å²) in [6, 6.07) is -0.734. The van der Waals surface area contributed by atoms with Crippen molar-refractivity contribution in [1.29, 1.82) is 0 Å². The molecule has 0 saturated heterocycles.